The molecule has 2 fully saturated rings. The normalized spacial score (nSPS) is 26.7. The third-order valence-electron chi connectivity index (χ3n) is 6.39. The summed E-state index contributed by atoms with van der Waals surface area (Å²) >= 11 is 0. The van der Waals surface area contributed by atoms with E-state index in [4.69, 9.17) is 4.74 Å². The highest BCUT2D eigenvalue weighted by Crippen LogP contribution is 2.61. The lowest BCUT2D eigenvalue weighted by molar-refractivity contribution is 0.259. The fraction of sp³-hybridized carbons (Fsp3) is 0.700. The smallest absolute Gasteiger partial charge is 0.122 e. The van der Waals surface area contributed by atoms with Crippen molar-refractivity contribution in [1.29, 1.82) is 0 Å². The first-order valence-corrected chi connectivity index (χ1v) is 9.13. The molecule has 0 radical (unpaired) electrons. The van der Waals surface area contributed by atoms with Gasteiger partial charge in [-0.1, -0.05) is 31.7 Å². The molecular formula is C20H29NO. The topological polar surface area (TPSA) is 21.3 Å². The molecule has 0 spiro atoms. The Balaban J connectivity index is 1.64. The number of benzene rings is 1. The highest BCUT2D eigenvalue weighted by Gasteiger charge is 2.51. The van der Waals surface area contributed by atoms with Crippen molar-refractivity contribution in [1.82, 2.24) is 5.32 Å². The lowest BCUT2D eigenvalue weighted by Crippen LogP contribution is -2.36. The molecule has 2 heteroatoms. The minimum atomic E-state index is 0.546. The molecule has 2 saturated carbocycles. The summed E-state index contributed by atoms with van der Waals surface area (Å²) in [6.45, 7) is 3.30. The van der Waals surface area contributed by atoms with Gasteiger partial charge in [0.05, 0.1) is 7.11 Å². The Morgan fingerprint density at radius 3 is 2.68 bits per heavy atom. The fourth-order valence-corrected chi connectivity index (χ4v) is 5.04. The number of ether oxygens (including phenoxy) is 1. The summed E-state index contributed by atoms with van der Waals surface area (Å²) < 4.78 is 5.60. The molecule has 22 heavy (non-hydrogen) atoms. The van der Waals surface area contributed by atoms with E-state index in [1.807, 2.05) is 0 Å². The van der Waals surface area contributed by atoms with E-state index in [2.05, 4.69) is 24.4 Å². The summed E-state index contributed by atoms with van der Waals surface area (Å²) in [5, 5.41) is 3.87. The molecule has 1 atom stereocenters. The van der Waals surface area contributed by atoms with Crippen molar-refractivity contribution in [3.63, 3.8) is 0 Å². The van der Waals surface area contributed by atoms with E-state index in [1.54, 1.807) is 12.7 Å². The minimum absolute atomic E-state index is 0.546. The molecule has 1 aromatic carbocycles. The van der Waals surface area contributed by atoms with Crippen LogP contribution < -0.4 is 10.1 Å². The van der Waals surface area contributed by atoms with E-state index < -0.39 is 0 Å². The summed E-state index contributed by atoms with van der Waals surface area (Å²) in [6, 6.07) is 5.26. The first-order chi connectivity index (χ1) is 10.7. The standard InChI is InChI=1S/C20H29NO/c1-14-11-16-7-10-21-19(17(16)12-18(14)22-2)20(8-9-20)13-15-5-3-4-6-15/h11-12,15,19,21H,3-10,13H2,1-2H3. The average Bonchev–Trinajstić information content (AvgIpc) is 3.11. The van der Waals surface area contributed by atoms with Gasteiger partial charge in [0.1, 0.15) is 5.75 Å². The number of rotatable bonds is 4. The second kappa shape index (κ2) is 5.56. The molecule has 0 amide bonds. The van der Waals surface area contributed by atoms with Gasteiger partial charge in [0.2, 0.25) is 0 Å². The molecule has 2 aliphatic carbocycles. The monoisotopic (exact) mass is 299 g/mol. The van der Waals surface area contributed by atoms with Crippen molar-refractivity contribution in [2.24, 2.45) is 11.3 Å². The third kappa shape index (κ3) is 2.46. The van der Waals surface area contributed by atoms with Crippen LogP contribution in [0.4, 0.5) is 0 Å². The molecule has 2 nitrogen and oxygen atoms in total. The van der Waals surface area contributed by atoms with Gasteiger partial charge in [-0.3, -0.25) is 0 Å². The summed E-state index contributed by atoms with van der Waals surface area (Å²) in [7, 11) is 1.80. The Bertz CT molecular complexity index is 555. The van der Waals surface area contributed by atoms with E-state index in [0.29, 0.717) is 11.5 Å². The van der Waals surface area contributed by atoms with Crippen LogP contribution in [0.15, 0.2) is 12.1 Å². The van der Waals surface area contributed by atoms with Crippen LogP contribution in [0.1, 0.15) is 67.7 Å². The molecule has 0 aromatic heterocycles. The van der Waals surface area contributed by atoms with Crippen LogP contribution in [0, 0.1) is 18.3 Å². The van der Waals surface area contributed by atoms with E-state index in [0.717, 1.165) is 24.6 Å². The van der Waals surface area contributed by atoms with Crippen LogP contribution in [0.3, 0.4) is 0 Å². The van der Waals surface area contributed by atoms with Gasteiger partial charge in [-0.25, -0.2) is 0 Å². The molecule has 1 N–H and O–H groups in total. The van der Waals surface area contributed by atoms with Crippen molar-refractivity contribution in [2.75, 3.05) is 13.7 Å². The molecule has 1 aliphatic heterocycles. The average molecular weight is 299 g/mol. The van der Waals surface area contributed by atoms with Gasteiger partial charge in [-0.05, 0) is 73.2 Å². The first-order valence-electron chi connectivity index (χ1n) is 9.13. The lowest BCUT2D eigenvalue weighted by atomic mass is 9.78. The predicted octanol–water partition coefficient (Wildman–Crippen LogP) is 4.55. The second-order valence-electron chi connectivity index (χ2n) is 7.87. The zero-order chi connectivity index (χ0) is 15.2. The molecule has 3 aliphatic rings. The van der Waals surface area contributed by atoms with Crippen LogP contribution in [0.5, 0.6) is 5.75 Å². The van der Waals surface area contributed by atoms with Gasteiger partial charge in [0.15, 0.2) is 0 Å². The molecule has 1 heterocycles. The van der Waals surface area contributed by atoms with E-state index in [1.165, 1.54) is 56.1 Å². The Morgan fingerprint density at radius 2 is 2.00 bits per heavy atom. The van der Waals surface area contributed by atoms with Crippen molar-refractivity contribution in [3.05, 3.63) is 28.8 Å². The maximum atomic E-state index is 5.60. The van der Waals surface area contributed by atoms with Gasteiger partial charge >= 0.3 is 0 Å². The van der Waals surface area contributed by atoms with Crippen LogP contribution in [0.25, 0.3) is 0 Å². The molecular weight excluding hydrogens is 270 g/mol. The number of methoxy groups -OCH3 is 1. The largest absolute Gasteiger partial charge is 0.496 e. The van der Waals surface area contributed by atoms with Gasteiger partial charge in [-0.2, -0.15) is 0 Å². The molecule has 1 aromatic rings. The van der Waals surface area contributed by atoms with Crippen molar-refractivity contribution in [2.45, 2.75) is 64.3 Å². The van der Waals surface area contributed by atoms with E-state index in [9.17, 15) is 0 Å². The molecule has 1 unspecified atom stereocenters. The van der Waals surface area contributed by atoms with E-state index >= 15 is 0 Å². The number of fused-ring (bicyclic) bond motifs is 1. The lowest BCUT2D eigenvalue weighted by Gasteiger charge is -2.35. The highest BCUT2D eigenvalue weighted by molar-refractivity contribution is 5.46. The Kier molecular flexibility index (Phi) is 3.68. The first kappa shape index (κ1) is 14.6. The second-order valence-corrected chi connectivity index (χ2v) is 7.87. The van der Waals surface area contributed by atoms with Crippen LogP contribution in [-0.2, 0) is 6.42 Å². The maximum absolute atomic E-state index is 5.60. The Labute approximate surface area is 134 Å². The zero-order valence-electron chi connectivity index (χ0n) is 14.1. The van der Waals surface area contributed by atoms with Crippen molar-refractivity contribution in [3.8, 4) is 5.75 Å². The van der Waals surface area contributed by atoms with E-state index in [-0.39, 0.29) is 0 Å². The molecule has 0 saturated heterocycles. The fourth-order valence-electron chi connectivity index (χ4n) is 5.04. The third-order valence-corrected chi connectivity index (χ3v) is 6.39. The van der Waals surface area contributed by atoms with Crippen molar-refractivity contribution < 1.29 is 4.74 Å². The van der Waals surface area contributed by atoms with Gasteiger partial charge in [0.25, 0.3) is 0 Å². The summed E-state index contributed by atoms with van der Waals surface area (Å²) in [5.74, 6) is 2.05. The highest BCUT2D eigenvalue weighted by atomic mass is 16.5. The van der Waals surface area contributed by atoms with Crippen LogP contribution in [0.2, 0.25) is 0 Å². The SMILES string of the molecule is COc1cc2c(cc1C)CCNC2C1(CC2CCCC2)CC1. The zero-order valence-corrected chi connectivity index (χ0v) is 14.1. The molecule has 4 rings (SSSR count). The predicted molar refractivity (Wildman–Crippen MR) is 90.4 cm³/mol. The number of nitrogens with one attached hydrogen (secondary N) is 1. The molecule has 120 valence electrons. The number of aryl methyl sites for hydroxylation is 1. The number of hydrogen-bond donors (Lipinski definition) is 1. The minimum Gasteiger partial charge on any atom is -0.496 e. The van der Waals surface area contributed by atoms with Crippen LogP contribution >= 0.6 is 0 Å². The maximum Gasteiger partial charge on any atom is 0.122 e. The number of hydrogen-bond acceptors (Lipinski definition) is 2. The van der Waals surface area contributed by atoms with Crippen LogP contribution in [-0.4, -0.2) is 13.7 Å². The summed E-state index contributed by atoms with van der Waals surface area (Å²) in [4.78, 5) is 0. The summed E-state index contributed by atoms with van der Waals surface area (Å²) in [5.41, 5.74) is 4.91. The van der Waals surface area contributed by atoms with Gasteiger partial charge in [-0.15, -0.1) is 0 Å². The quantitative estimate of drug-likeness (QED) is 0.880. The molecule has 0 bridgehead atoms. The summed E-state index contributed by atoms with van der Waals surface area (Å²) in [6.07, 6.45) is 11.3. The Hall–Kier alpha value is -1.02. The van der Waals surface area contributed by atoms with Gasteiger partial charge < -0.3 is 10.1 Å². The van der Waals surface area contributed by atoms with Crippen molar-refractivity contribution >= 4 is 0 Å². The Morgan fingerprint density at radius 1 is 1.23 bits per heavy atom. The van der Waals surface area contributed by atoms with Gasteiger partial charge in [0, 0.05) is 6.04 Å².